The molecule has 1 aliphatic heterocycles. The largest absolute Gasteiger partial charge is 0.364 e. The minimum atomic E-state index is -0.434. The van der Waals surface area contributed by atoms with Gasteiger partial charge >= 0.3 is 0 Å². The molecule has 0 saturated carbocycles. The van der Waals surface area contributed by atoms with E-state index in [4.69, 9.17) is 5.73 Å². The number of benzene rings is 2. The number of hydrogen-bond donors (Lipinski definition) is 1. The Morgan fingerprint density at radius 1 is 1.10 bits per heavy atom. The number of nitrogens with two attached hydrogens (primary N) is 1. The van der Waals surface area contributed by atoms with E-state index < -0.39 is 5.91 Å². The van der Waals surface area contributed by atoms with E-state index in [1.807, 2.05) is 4.68 Å². The van der Waals surface area contributed by atoms with Crippen LogP contribution in [0.15, 0.2) is 48.5 Å². The van der Waals surface area contributed by atoms with Gasteiger partial charge in [-0.15, -0.1) is 0 Å². The van der Waals surface area contributed by atoms with Gasteiger partial charge in [0.15, 0.2) is 5.69 Å². The van der Waals surface area contributed by atoms with Gasteiger partial charge < -0.3 is 5.73 Å². The molecule has 3 aromatic rings. The molecular formula is C25H32N4O. The summed E-state index contributed by atoms with van der Waals surface area (Å²) >= 11 is 0. The van der Waals surface area contributed by atoms with Gasteiger partial charge in [-0.1, -0.05) is 49.4 Å². The predicted octanol–water partition coefficient (Wildman–Crippen LogP) is 4.39. The Morgan fingerprint density at radius 2 is 1.87 bits per heavy atom. The van der Waals surface area contributed by atoms with E-state index in [1.54, 1.807) is 0 Å². The number of carbonyl (C=O) groups excluding carboxylic acids is 1. The van der Waals surface area contributed by atoms with Crippen LogP contribution in [-0.4, -0.2) is 33.7 Å². The average Bonchev–Trinajstić information content (AvgIpc) is 3.14. The predicted molar refractivity (Wildman–Crippen MR) is 121 cm³/mol. The van der Waals surface area contributed by atoms with Crippen LogP contribution in [0.3, 0.4) is 0 Å². The van der Waals surface area contributed by atoms with Crippen LogP contribution >= 0.6 is 0 Å². The average molecular weight is 405 g/mol. The number of aryl methyl sites for hydroxylation is 2. The lowest BCUT2D eigenvalue weighted by Gasteiger charge is -2.32. The van der Waals surface area contributed by atoms with Gasteiger partial charge in [-0.3, -0.25) is 14.4 Å². The summed E-state index contributed by atoms with van der Waals surface area (Å²) < 4.78 is 1.93. The molecule has 4 rings (SSSR count). The van der Waals surface area contributed by atoms with Crippen molar-refractivity contribution in [2.45, 2.75) is 52.1 Å². The highest BCUT2D eigenvalue weighted by molar-refractivity contribution is 6.05. The van der Waals surface area contributed by atoms with Gasteiger partial charge in [0.2, 0.25) is 0 Å². The number of primary amides is 1. The first-order valence-electron chi connectivity index (χ1n) is 11.2. The molecule has 0 unspecified atom stereocenters. The fourth-order valence-electron chi connectivity index (χ4n) is 4.70. The Balaban J connectivity index is 1.40. The van der Waals surface area contributed by atoms with Crippen LogP contribution in [-0.2, 0) is 19.5 Å². The van der Waals surface area contributed by atoms with Gasteiger partial charge in [-0.2, -0.15) is 5.10 Å². The first-order valence-corrected chi connectivity index (χ1v) is 11.2. The second kappa shape index (κ2) is 9.43. The Morgan fingerprint density at radius 3 is 2.57 bits per heavy atom. The summed E-state index contributed by atoms with van der Waals surface area (Å²) in [5.41, 5.74) is 9.71. The number of rotatable bonds is 8. The van der Waals surface area contributed by atoms with Crippen molar-refractivity contribution in [2.24, 2.45) is 11.7 Å². The van der Waals surface area contributed by atoms with Gasteiger partial charge in [0.1, 0.15) is 0 Å². The summed E-state index contributed by atoms with van der Waals surface area (Å²) in [6, 6.07) is 17.0. The third-order valence-electron chi connectivity index (χ3n) is 6.31. The minimum Gasteiger partial charge on any atom is -0.364 e. The van der Waals surface area contributed by atoms with Crippen LogP contribution in [0.4, 0.5) is 0 Å². The smallest absolute Gasteiger partial charge is 0.269 e. The molecule has 2 N–H and O–H groups in total. The zero-order valence-electron chi connectivity index (χ0n) is 17.9. The van der Waals surface area contributed by atoms with E-state index in [9.17, 15) is 4.79 Å². The van der Waals surface area contributed by atoms with Crippen LogP contribution in [0, 0.1) is 5.92 Å². The van der Waals surface area contributed by atoms with Gasteiger partial charge in [0.25, 0.3) is 5.91 Å². The molecule has 1 aliphatic rings. The molecule has 1 amide bonds. The highest BCUT2D eigenvalue weighted by atomic mass is 16.1. The third-order valence-corrected chi connectivity index (χ3v) is 6.31. The van der Waals surface area contributed by atoms with Crippen molar-refractivity contribution in [1.29, 1.82) is 0 Å². The molecule has 158 valence electrons. The molecular weight excluding hydrogens is 372 g/mol. The number of likely N-dealkylation sites (tertiary alicyclic amines) is 1. The van der Waals surface area contributed by atoms with Gasteiger partial charge in [-0.25, -0.2) is 0 Å². The summed E-state index contributed by atoms with van der Waals surface area (Å²) in [5.74, 6) is 0.298. The highest BCUT2D eigenvalue weighted by Gasteiger charge is 2.21. The quantitative estimate of drug-likeness (QED) is 0.606. The lowest BCUT2D eigenvalue weighted by Crippen LogP contribution is -2.33. The number of aromatic nitrogens is 2. The lowest BCUT2D eigenvalue weighted by molar-refractivity contribution is 0.0996. The summed E-state index contributed by atoms with van der Waals surface area (Å²) in [7, 11) is 0. The first-order chi connectivity index (χ1) is 14.7. The fraction of sp³-hybridized carbons (Fsp3) is 0.440. The maximum absolute atomic E-state index is 12.0. The van der Waals surface area contributed by atoms with Gasteiger partial charge in [0.05, 0.1) is 5.52 Å². The van der Waals surface area contributed by atoms with Crippen molar-refractivity contribution in [1.82, 2.24) is 14.7 Å². The van der Waals surface area contributed by atoms with Crippen LogP contribution in [0.5, 0.6) is 0 Å². The van der Waals surface area contributed by atoms with Crippen molar-refractivity contribution in [3.8, 4) is 0 Å². The van der Waals surface area contributed by atoms with Crippen LogP contribution < -0.4 is 5.73 Å². The Kier molecular flexibility index (Phi) is 6.48. The minimum absolute atomic E-state index is 0.423. The number of nitrogens with zero attached hydrogens (tertiary/aromatic N) is 3. The zero-order valence-corrected chi connectivity index (χ0v) is 17.9. The van der Waals surface area contributed by atoms with E-state index >= 15 is 0 Å². The molecule has 2 heterocycles. The Bertz CT molecular complexity index is 987. The van der Waals surface area contributed by atoms with E-state index in [1.165, 1.54) is 24.0 Å². The molecule has 0 aliphatic carbocycles. The topological polar surface area (TPSA) is 64.2 Å². The molecule has 2 aromatic carbocycles. The van der Waals surface area contributed by atoms with Crippen LogP contribution in [0.2, 0.25) is 0 Å². The molecule has 1 aromatic heterocycles. The summed E-state index contributed by atoms with van der Waals surface area (Å²) in [6.07, 6.45) is 5.57. The summed E-state index contributed by atoms with van der Waals surface area (Å²) in [6.45, 7) is 6.28. The molecule has 1 saturated heterocycles. The second-order valence-electron chi connectivity index (χ2n) is 8.49. The maximum atomic E-state index is 12.0. The number of hydrogen-bond acceptors (Lipinski definition) is 3. The summed E-state index contributed by atoms with van der Waals surface area (Å²) in [5, 5.41) is 5.48. The molecule has 0 bridgehead atoms. The van der Waals surface area contributed by atoms with Crippen molar-refractivity contribution < 1.29 is 4.79 Å². The standard InChI is InChI=1S/C25H32N4O/c1-2-15-29-22-10-6-9-21(23(22)24(27-29)25(26)30)12-11-19-13-16-28(17-14-19)18-20-7-4-3-5-8-20/h3-10,19H,2,11-18H2,1H3,(H2,26,30). The Hall–Kier alpha value is -2.66. The number of piperidine rings is 1. The van der Waals surface area contributed by atoms with Crippen molar-refractivity contribution >= 4 is 16.8 Å². The SMILES string of the molecule is CCCn1nc(C(N)=O)c2c(CCC3CCN(Cc4ccccc4)CC3)cccc21. The highest BCUT2D eigenvalue weighted by Crippen LogP contribution is 2.28. The number of amides is 1. The van der Waals surface area contributed by atoms with E-state index in [0.717, 1.165) is 62.3 Å². The van der Waals surface area contributed by atoms with Crippen molar-refractivity contribution in [3.05, 3.63) is 65.4 Å². The molecule has 30 heavy (non-hydrogen) atoms. The van der Waals surface area contributed by atoms with Gasteiger partial charge in [-0.05, 0) is 68.3 Å². The fourth-order valence-corrected chi connectivity index (χ4v) is 4.70. The van der Waals surface area contributed by atoms with Crippen molar-refractivity contribution in [3.63, 3.8) is 0 Å². The van der Waals surface area contributed by atoms with E-state index in [0.29, 0.717) is 5.69 Å². The zero-order chi connectivity index (χ0) is 20.9. The second-order valence-corrected chi connectivity index (χ2v) is 8.49. The maximum Gasteiger partial charge on any atom is 0.269 e. The summed E-state index contributed by atoms with van der Waals surface area (Å²) in [4.78, 5) is 14.6. The monoisotopic (exact) mass is 404 g/mol. The van der Waals surface area contributed by atoms with Crippen LogP contribution in [0.1, 0.15) is 54.2 Å². The molecule has 0 spiro atoms. The molecule has 0 atom stereocenters. The number of carbonyl (C=O) groups is 1. The number of fused-ring (bicyclic) bond motifs is 1. The van der Waals surface area contributed by atoms with Crippen LogP contribution in [0.25, 0.3) is 10.9 Å². The lowest BCUT2D eigenvalue weighted by atomic mass is 9.89. The van der Waals surface area contributed by atoms with Crippen molar-refractivity contribution in [2.75, 3.05) is 13.1 Å². The van der Waals surface area contributed by atoms with Gasteiger partial charge in [0, 0.05) is 18.5 Å². The molecule has 1 fully saturated rings. The molecule has 0 radical (unpaired) electrons. The van der Waals surface area contributed by atoms with E-state index in [-0.39, 0.29) is 0 Å². The molecule has 5 heteroatoms. The normalized spacial score (nSPS) is 15.6. The Labute approximate surface area is 178 Å². The molecule has 5 nitrogen and oxygen atoms in total. The third kappa shape index (κ3) is 4.57. The first kappa shape index (κ1) is 20.6. The van der Waals surface area contributed by atoms with E-state index in [2.05, 4.69) is 65.5 Å².